The largest absolute Gasteiger partial charge is 1.00 e. The second-order valence-corrected chi connectivity index (χ2v) is 4.48. The first-order valence-corrected chi connectivity index (χ1v) is 5.42. The second kappa shape index (κ2) is 6.50. The van der Waals surface area contributed by atoms with E-state index in [1.807, 2.05) is 0 Å². The van der Waals surface area contributed by atoms with Crippen molar-refractivity contribution in [1.29, 1.82) is 0 Å². The van der Waals surface area contributed by atoms with Crippen LogP contribution in [0, 0.1) is 0 Å². The Morgan fingerprint density at radius 2 is 0.933 bits per heavy atom. The van der Waals surface area contributed by atoms with Gasteiger partial charge >= 0.3 is 29.1 Å². The van der Waals surface area contributed by atoms with Crippen LogP contribution in [0.5, 0.6) is 0 Å². The normalized spacial score (nSPS) is 14.1. The zero-order chi connectivity index (χ0) is 12.2. The standard InChI is InChI=1S/C6H16N2.F5P.FH/c1-6(7(2)3)8(4)5;1-6(2,3,4)5;/h6H,1-5H3;;1H/p-1. The molecule has 0 fully saturated rings. The first-order valence-electron chi connectivity index (χ1n) is 3.73. The van der Waals surface area contributed by atoms with Crippen molar-refractivity contribution < 1.29 is 25.7 Å². The number of rotatable bonds is 2. The molecule has 0 saturated heterocycles. The van der Waals surface area contributed by atoms with Crippen LogP contribution in [0.1, 0.15) is 6.92 Å². The molecule has 9 heteroatoms. The molecular formula is C6H16F6N2P-. The molecular weight excluding hydrogens is 245 g/mol. The van der Waals surface area contributed by atoms with Gasteiger partial charge in [0.15, 0.2) is 0 Å². The molecule has 0 aromatic carbocycles. The summed E-state index contributed by atoms with van der Waals surface area (Å²) in [5, 5.41) is 0. The van der Waals surface area contributed by atoms with Crippen molar-refractivity contribution in [3.63, 3.8) is 0 Å². The summed E-state index contributed by atoms with van der Waals surface area (Å²) in [6.07, 6.45) is 0.537. The predicted octanol–water partition coefficient (Wildman–Crippen LogP) is 0.422. The Morgan fingerprint density at radius 3 is 0.933 bits per heavy atom. The molecule has 0 aliphatic heterocycles. The van der Waals surface area contributed by atoms with Crippen LogP contribution in [0.4, 0.5) is 21.0 Å². The quantitative estimate of drug-likeness (QED) is 0.404. The van der Waals surface area contributed by atoms with Gasteiger partial charge in [0, 0.05) is 0 Å². The van der Waals surface area contributed by atoms with Crippen molar-refractivity contribution >= 4 is 8.16 Å². The molecule has 98 valence electrons. The maximum absolute atomic E-state index is 9.84. The van der Waals surface area contributed by atoms with Crippen molar-refractivity contribution in [2.75, 3.05) is 28.2 Å². The van der Waals surface area contributed by atoms with Gasteiger partial charge in [-0.05, 0) is 35.1 Å². The minimum atomic E-state index is -8.55. The molecule has 0 spiro atoms. The van der Waals surface area contributed by atoms with Crippen LogP contribution in [0.2, 0.25) is 0 Å². The minimum Gasteiger partial charge on any atom is -1.00 e. The van der Waals surface area contributed by atoms with Gasteiger partial charge in [-0.3, -0.25) is 9.80 Å². The van der Waals surface area contributed by atoms with E-state index in [-0.39, 0.29) is 4.70 Å². The SMILES string of the molecule is CC(N(C)C)N(C)C.FP(F)(F)(F)F.[F-]. The maximum atomic E-state index is 9.84. The summed E-state index contributed by atoms with van der Waals surface area (Å²) in [4.78, 5) is 4.33. The number of hydrogen-bond donors (Lipinski definition) is 0. The van der Waals surface area contributed by atoms with Gasteiger partial charge in [0.25, 0.3) is 0 Å². The number of hydrogen-bond acceptors (Lipinski definition) is 2. The molecule has 0 aromatic rings. The van der Waals surface area contributed by atoms with Gasteiger partial charge in [-0.25, -0.2) is 0 Å². The van der Waals surface area contributed by atoms with E-state index in [2.05, 4.69) is 44.9 Å². The van der Waals surface area contributed by atoms with Gasteiger partial charge in [0.2, 0.25) is 0 Å². The van der Waals surface area contributed by atoms with E-state index in [9.17, 15) is 21.0 Å². The molecule has 0 aromatic heterocycles. The zero-order valence-corrected chi connectivity index (χ0v) is 10.1. The van der Waals surface area contributed by atoms with Crippen LogP contribution < -0.4 is 4.70 Å². The zero-order valence-electron chi connectivity index (χ0n) is 9.19. The van der Waals surface area contributed by atoms with Crippen molar-refractivity contribution in [3.8, 4) is 0 Å². The third kappa shape index (κ3) is 31.5. The molecule has 0 heterocycles. The van der Waals surface area contributed by atoms with Crippen LogP contribution in [0.25, 0.3) is 0 Å². The summed E-state index contributed by atoms with van der Waals surface area (Å²) in [6, 6.07) is 0. The Labute approximate surface area is 85.9 Å². The summed E-state index contributed by atoms with van der Waals surface area (Å²) in [7, 11) is -0.254. The first kappa shape index (κ1) is 20.4. The topological polar surface area (TPSA) is 6.48 Å². The smallest absolute Gasteiger partial charge is 1.00 e. The van der Waals surface area contributed by atoms with Crippen LogP contribution in [0.3, 0.4) is 0 Å². The van der Waals surface area contributed by atoms with E-state index in [1.54, 1.807) is 0 Å². The number of nitrogens with zero attached hydrogens (tertiary/aromatic N) is 2. The van der Waals surface area contributed by atoms with Crippen molar-refractivity contribution in [1.82, 2.24) is 9.80 Å². The maximum Gasteiger partial charge on any atom is -1.00 e. The molecule has 0 amide bonds. The van der Waals surface area contributed by atoms with Crippen LogP contribution in [-0.4, -0.2) is 44.2 Å². The molecule has 0 aliphatic rings. The van der Waals surface area contributed by atoms with Gasteiger partial charge in [0.1, 0.15) is 0 Å². The summed E-state index contributed by atoms with van der Waals surface area (Å²) >= 11 is 0. The monoisotopic (exact) mass is 261 g/mol. The van der Waals surface area contributed by atoms with E-state index in [1.165, 1.54) is 0 Å². The fourth-order valence-electron chi connectivity index (χ4n) is 0.462. The molecule has 15 heavy (non-hydrogen) atoms. The first-order chi connectivity index (χ1) is 5.79. The fourth-order valence-corrected chi connectivity index (χ4v) is 0.462. The van der Waals surface area contributed by atoms with Crippen LogP contribution in [-0.2, 0) is 0 Å². The fraction of sp³-hybridized carbons (Fsp3) is 1.00. The van der Waals surface area contributed by atoms with E-state index in [4.69, 9.17) is 0 Å². The van der Waals surface area contributed by atoms with Gasteiger partial charge in [-0.15, -0.1) is 0 Å². The van der Waals surface area contributed by atoms with E-state index >= 15 is 0 Å². The minimum absolute atomic E-state index is 0. The summed E-state index contributed by atoms with van der Waals surface area (Å²) < 4.78 is 49.2. The average Bonchev–Trinajstić information content (AvgIpc) is 1.79. The second-order valence-electron chi connectivity index (χ2n) is 3.20. The molecule has 0 N–H and O–H groups in total. The van der Waals surface area contributed by atoms with Crippen LogP contribution in [0.15, 0.2) is 0 Å². The average molecular weight is 261 g/mol. The van der Waals surface area contributed by atoms with E-state index in [0.29, 0.717) is 6.17 Å². The Hall–Kier alpha value is -0.0700. The van der Waals surface area contributed by atoms with E-state index in [0.717, 1.165) is 0 Å². The Morgan fingerprint density at radius 1 is 0.800 bits per heavy atom. The Bertz CT molecular complexity index is 142. The molecule has 2 nitrogen and oxygen atoms in total. The van der Waals surface area contributed by atoms with Gasteiger partial charge in [-0.1, -0.05) is 0 Å². The summed E-state index contributed by atoms with van der Waals surface area (Å²) in [6.45, 7) is 2.17. The molecule has 0 atom stereocenters. The molecule has 0 aliphatic carbocycles. The summed E-state index contributed by atoms with van der Waals surface area (Å²) in [5.74, 6) is 0. The van der Waals surface area contributed by atoms with Crippen molar-refractivity contribution in [2.24, 2.45) is 0 Å². The summed E-state index contributed by atoms with van der Waals surface area (Å²) in [5.41, 5.74) is 0. The molecule has 0 radical (unpaired) electrons. The number of halogens is 6. The van der Waals surface area contributed by atoms with Gasteiger partial charge in [0.05, 0.1) is 6.17 Å². The van der Waals surface area contributed by atoms with Crippen LogP contribution >= 0.6 is 8.16 Å². The van der Waals surface area contributed by atoms with Gasteiger partial charge in [-0.2, -0.15) is 0 Å². The predicted molar refractivity (Wildman–Crippen MR) is 49.3 cm³/mol. The Kier molecular flexibility index (Phi) is 8.82. The van der Waals surface area contributed by atoms with E-state index < -0.39 is 8.16 Å². The Balaban J connectivity index is -0.000000187. The molecule has 0 rings (SSSR count). The third-order valence-corrected chi connectivity index (χ3v) is 1.49. The van der Waals surface area contributed by atoms with Crippen molar-refractivity contribution in [3.05, 3.63) is 0 Å². The molecule has 0 unspecified atom stereocenters. The molecule has 0 saturated carbocycles. The molecule has 0 bridgehead atoms. The van der Waals surface area contributed by atoms with Crippen molar-refractivity contribution in [2.45, 2.75) is 13.1 Å². The van der Waals surface area contributed by atoms with Gasteiger partial charge < -0.3 is 4.70 Å². The third-order valence-electron chi connectivity index (χ3n) is 1.49.